The molecule has 2 saturated heterocycles. The standard InChI is InChI=1S/C20H26N4O2S/c25-18(21-20-23-22-19(27-20)16-6-2-1-3-7-16)17-8-4-5-11-24(17)14-15-9-12-26-13-10-15/h1-3,6-7,15,17H,4-5,8-14H2,(H,21,23,25)/t17-/m0/s1. The fourth-order valence-corrected chi connectivity index (χ4v) is 4.68. The van der Waals surface area contributed by atoms with Crippen molar-refractivity contribution in [3.8, 4) is 10.6 Å². The average Bonchev–Trinajstić information content (AvgIpc) is 3.18. The maximum absolute atomic E-state index is 12.9. The molecule has 1 N–H and O–H groups in total. The highest BCUT2D eigenvalue weighted by molar-refractivity contribution is 7.18. The molecule has 27 heavy (non-hydrogen) atoms. The minimum atomic E-state index is -0.0642. The Morgan fingerprint density at radius 2 is 1.96 bits per heavy atom. The van der Waals surface area contributed by atoms with Crippen LogP contribution in [0.3, 0.4) is 0 Å². The minimum Gasteiger partial charge on any atom is -0.381 e. The number of hydrogen-bond acceptors (Lipinski definition) is 6. The molecule has 0 saturated carbocycles. The fraction of sp³-hybridized carbons (Fsp3) is 0.550. The SMILES string of the molecule is O=C(Nc1nnc(-c2ccccc2)s1)[C@@H]1CCCCN1CC1CCOCC1. The number of carbonyl (C=O) groups excluding carboxylic acids is 1. The van der Waals surface area contributed by atoms with Crippen LogP contribution in [-0.2, 0) is 9.53 Å². The Kier molecular flexibility index (Phi) is 6.11. The highest BCUT2D eigenvalue weighted by Crippen LogP contribution is 2.27. The zero-order valence-corrected chi connectivity index (χ0v) is 16.3. The molecule has 2 aliphatic heterocycles. The van der Waals surface area contributed by atoms with Crippen molar-refractivity contribution in [1.82, 2.24) is 15.1 Å². The molecule has 6 nitrogen and oxygen atoms in total. The van der Waals surface area contributed by atoms with Gasteiger partial charge in [0, 0.05) is 25.3 Å². The Labute approximate surface area is 163 Å². The number of amides is 1. The number of ether oxygens (including phenoxy) is 1. The van der Waals surface area contributed by atoms with Gasteiger partial charge in [0.15, 0.2) is 0 Å². The molecule has 1 aromatic carbocycles. The number of hydrogen-bond donors (Lipinski definition) is 1. The maximum atomic E-state index is 12.9. The average molecular weight is 387 g/mol. The van der Waals surface area contributed by atoms with Gasteiger partial charge in [-0.25, -0.2) is 0 Å². The van der Waals surface area contributed by atoms with Crippen LogP contribution >= 0.6 is 11.3 Å². The van der Waals surface area contributed by atoms with Crippen LogP contribution in [0.25, 0.3) is 10.6 Å². The predicted octanol–water partition coefficient (Wildman–Crippen LogP) is 3.42. The number of likely N-dealkylation sites (tertiary alicyclic amines) is 1. The van der Waals surface area contributed by atoms with Crippen molar-refractivity contribution < 1.29 is 9.53 Å². The van der Waals surface area contributed by atoms with Crippen LogP contribution < -0.4 is 5.32 Å². The molecule has 0 unspecified atom stereocenters. The van der Waals surface area contributed by atoms with E-state index in [1.54, 1.807) is 0 Å². The van der Waals surface area contributed by atoms with Crippen molar-refractivity contribution in [2.45, 2.75) is 38.1 Å². The van der Waals surface area contributed by atoms with Crippen LogP contribution in [0, 0.1) is 5.92 Å². The van der Waals surface area contributed by atoms with Gasteiger partial charge in [0.05, 0.1) is 6.04 Å². The minimum absolute atomic E-state index is 0.0533. The summed E-state index contributed by atoms with van der Waals surface area (Å²) >= 11 is 1.43. The van der Waals surface area contributed by atoms with Crippen molar-refractivity contribution in [3.63, 3.8) is 0 Å². The lowest BCUT2D eigenvalue weighted by molar-refractivity contribution is -0.122. The molecule has 0 spiro atoms. The van der Waals surface area contributed by atoms with Gasteiger partial charge in [0.2, 0.25) is 11.0 Å². The molecule has 7 heteroatoms. The molecular weight excluding hydrogens is 360 g/mol. The number of piperidine rings is 1. The molecule has 2 fully saturated rings. The van der Waals surface area contributed by atoms with E-state index in [-0.39, 0.29) is 11.9 Å². The first-order valence-electron chi connectivity index (χ1n) is 9.81. The van der Waals surface area contributed by atoms with E-state index in [1.807, 2.05) is 30.3 Å². The summed E-state index contributed by atoms with van der Waals surface area (Å²) < 4.78 is 5.47. The van der Waals surface area contributed by atoms with E-state index in [9.17, 15) is 4.79 Å². The van der Waals surface area contributed by atoms with E-state index < -0.39 is 0 Å². The van der Waals surface area contributed by atoms with Crippen LogP contribution in [-0.4, -0.2) is 53.3 Å². The molecule has 1 atom stereocenters. The molecule has 0 aliphatic carbocycles. The number of benzene rings is 1. The van der Waals surface area contributed by atoms with Crippen LogP contribution in [0.4, 0.5) is 5.13 Å². The summed E-state index contributed by atoms with van der Waals surface area (Å²) in [7, 11) is 0. The summed E-state index contributed by atoms with van der Waals surface area (Å²) in [6.07, 6.45) is 5.39. The number of nitrogens with zero attached hydrogens (tertiary/aromatic N) is 3. The fourth-order valence-electron chi connectivity index (χ4n) is 3.93. The lowest BCUT2D eigenvalue weighted by Crippen LogP contribution is -2.49. The van der Waals surface area contributed by atoms with E-state index in [2.05, 4.69) is 20.4 Å². The van der Waals surface area contributed by atoms with E-state index >= 15 is 0 Å². The molecule has 0 bridgehead atoms. The number of aromatic nitrogens is 2. The Morgan fingerprint density at radius 1 is 1.15 bits per heavy atom. The second kappa shape index (κ2) is 8.91. The first kappa shape index (κ1) is 18.5. The molecule has 144 valence electrons. The summed E-state index contributed by atoms with van der Waals surface area (Å²) in [6, 6.07) is 9.87. The highest BCUT2D eigenvalue weighted by Gasteiger charge is 2.31. The van der Waals surface area contributed by atoms with Crippen molar-refractivity contribution in [2.75, 3.05) is 31.6 Å². The van der Waals surface area contributed by atoms with Gasteiger partial charge in [0.1, 0.15) is 5.01 Å². The van der Waals surface area contributed by atoms with Gasteiger partial charge >= 0.3 is 0 Å². The highest BCUT2D eigenvalue weighted by atomic mass is 32.1. The molecule has 3 heterocycles. The topological polar surface area (TPSA) is 67.4 Å². The van der Waals surface area contributed by atoms with Gasteiger partial charge in [-0.1, -0.05) is 48.1 Å². The Morgan fingerprint density at radius 3 is 2.78 bits per heavy atom. The molecule has 1 amide bonds. The molecule has 2 aromatic rings. The summed E-state index contributed by atoms with van der Waals surface area (Å²) in [5, 5.41) is 12.8. The summed E-state index contributed by atoms with van der Waals surface area (Å²) in [4.78, 5) is 15.3. The predicted molar refractivity (Wildman–Crippen MR) is 107 cm³/mol. The number of nitrogens with one attached hydrogen (secondary N) is 1. The van der Waals surface area contributed by atoms with E-state index in [1.165, 1.54) is 17.8 Å². The van der Waals surface area contributed by atoms with E-state index in [4.69, 9.17) is 4.74 Å². The van der Waals surface area contributed by atoms with Crippen LogP contribution in [0.1, 0.15) is 32.1 Å². The second-order valence-electron chi connectivity index (χ2n) is 7.33. The van der Waals surface area contributed by atoms with Crippen molar-refractivity contribution >= 4 is 22.4 Å². The van der Waals surface area contributed by atoms with Crippen molar-refractivity contribution in [3.05, 3.63) is 30.3 Å². The van der Waals surface area contributed by atoms with Gasteiger partial charge in [-0.15, -0.1) is 10.2 Å². The summed E-state index contributed by atoms with van der Waals surface area (Å²) in [6.45, 7) is 3.69. The van der Waals surface area contributed by atoms with Crippen molar-refractivity contribution in [2.24, 2.45) is 5.92 Å². The third-order valence-electron chi connectivity index (χ3n) is 5.43. The number of anilines is 1. The molecule has 0 radical (unpaired) electrons. The van der Waals surface area contributed by atoms with Gasteiger partial charge in [0.25, 0.3) is 0 Å². The maximum Gasteiger partial charge on any atom is 0.243 e. The zero-order valence-electron chi connectivity index (χ0n) is 15.5. The lowest BCUT2D eigenvalue weighted by atomic mass is 9.95. The third-order valence-corrected chi connectivity index (χ3v) is 6.31. The third kappa shape index (κ3) is 4.72. The first-order valence-corrected chi connectivity index (χ1v) is 10.6. The number of carbonyl (C=O) groups is 1. The number of rotatable bonds is 5. The van der Waals surface area contributed by atoms with Crippen LogP contribution in [0.5, 0.6) is 0 Å². The van der Waals surface area contributed by atoms with Gasteiger partial charge in [-0.3, -0.25) is 15.0 Å². The van der Waals surface area contributed by atoms with Crippen molar-refractivity contribution in [1.29, 1.82) is 0 Å². The smallest absolute Gasteiger partial charge is 0.243 e. The first-order chi connectivity index (χ1) is 13.3. The molecule has 2 aliphatic rings. The Bertz CT molecular complexity index is 745. The molecule has 4 rings (SSSR count). The normalized spacial score (nSPS) is 21.9. The van der Waals surface area contributed by atoms with Gasteiger partial charge in [-0.05, 0) is 38.1 Å². The van der Waals surface area contributed by atoms with Crippen LogP contribution in [0.2, 0.25) is 0 Å². The second-order valence-corrected chi connectivity index (χ2v) is 8.31. The van der Waals surface area contributed by atoms with E-state index in [0.29, 0.717) is 11.0 Å². The summed E-state index contributed by atoms with van der Waals surface area (Å²) in [5.74, 6) is 0.691. The lowest BCUT2D eigenvalue weighted by Gasteiger charge is -2.37. The van der Waals surface area contributed by atoms with E-state index in [0.717, 1.165) is 62.6 Å². The Hall–Kier alpha value is -1.83. The van der Waals surface area contributed by atoms with Crippen LogP contribution in [0.15, 0.2) is 30.3 Å². The molecule has 1 aromatic heterocycles. The largest absolute Gasteiger partial charge is 0.381 e. The summed E-state index contributed by atoms with van der Waals surface area (Å²) in [5.41, 5.74) is 1.02. The molecular formula is C20H26N4O2S. The van der Waals surface area contributed by atoms with Gasteiger partial charge in [-0.2, -0.15) is 0 Å². The van der Waals surface area contributed by atoms with Gasteiger partial charge < -0.3 is 4.74 Å². The Balaban J connectivity index is 1.39. The quantitative estimate of drug-likeness (QED) is 0.853. The zero-order chi connectivity index (χ0) is 18.5. The monoisotopic (exact) mass is 386 g/mol.